The summed E-state index contributed by atoms with van der Waals surface area (Å²) in [6.07, 6.45) is 3.35. The van der Waals surface area contributed by atoms with Crippen LogP contribution in [0.5, 0.6) is 0 Å². The van der Waals surface area contributed by atoms with Crippen LogP contribution < -0.4 is 0 Å². The van der Waals surface area contributed by atoms with Crippen molar-refractivity contribution in [3.05, 3.63) is 0 Å². The van der Waals surface area contributed by atoms with E-state index in [1.807, 2.05) is 6.92 Å². The van der Waals surface area contributed by atoms with Gasteiger partial charge in [0.2, 0.25) is 0 Å². The Bertz CT molecular complexity index is 156. The van der Waals surface area contributed by atoms with Crippen LogP contribution in [0, 0.1) is 5.41 Å². The third-order valence-electron chi connectivity index (χ3n) is 2.92. The van der Waals surface area contributed by atoms with Crippen molar-refractivity contribution in [2.24, 2.45) is 5.41 Å². The van der Waals surface area contributed by atoms with E-state index in [-0.39, 0.29) is 6.10 Å². The fraction of sp³-hybridized carbons (Fsp3) is 1.00. The van der Waals surface area contributed by atoms with E-state index in [1.54, 1.807) is 0 Å². The number of aliphatic hydroxyl groups is 1. The van der Waals surface area contributed by atoms with E-state index in [9.17, 15) is 5.11 Å². The number of aliphatic hydroxyl groups excluding tert-OH is 1. The van der Waals surface area contributed by atoms with Crippen molar-refractivity contribution < 1.29 is 5.11 Å². The lowest BCUT2D eigenvalue weighted by Gasteiger charge is -2.38. The molecule has 1 aliphatic rings. The molecule has 0 aromatic heterocycles. The lowest BCUT2D eigenvalue weighted by molar-refractivity contribution is 0.0586. The maximum absolute atomic E-state index is 9.54. The Kier molecular flexibility index (Phi) is 3.74. The van der Waals surface area contributed by atoms with Crippen molar-refractivity contribution >= 4 is 0 Å². The van der Waals surface area contributed by atoms with Crippen LogP contribution in [-0.4, -0.2) is 35.7 Å². The lowest BCUT2D eigenvalue weighted by atomic mass is 9.84. The number of rotatable bonds is 3. The third-order valence-corrected chi connectivity index (χ3v) is 2.92. The molecule has 1 N–H and O–H groups in total. The molecule has 0 radical (unpaired) electrons. The molecule has 0 bridgehead atoms. The Morgan fingerprint density at radius 1 is 1.46 bits per heavy atom. The minimum Gasteiger partial charge on any atom is -0.392 e. The molecule has 0 saturated carbocycles. The van der Waals surface area contributed by atoms with Crippen molar-refractivity contribution in [3.8, 4) is 0 Å². The molecule has 0 amide bonds. The Hall–Kier alpha value is -0.0800. The van der Waals surface area contributed by atoms with Crippen LogP contribution in [0.15, 0.2) is 0 Å². The molecule has 1 saturated heterocycles. The van der Waals surface area contributed by atoms with Crippen molar-refractivity contribution in [3.63, 3.8) is 0 Å². The maximum Gasteiger partial charge on any atom is 0.0664 e. The second-order valence-electron chi connectivity index (χ2n) is 5.06. The van der Waals surface area contributed by atoms with E-state index in [1.165, 1.54) is 19.4 Å². The summed E-state index contributed by atoms with van der Waals surface area (Å²) in [6.45, 7) is 9.85. The van der Waals surface area contributed by atoms with E-state index in [4.69, 9.17) is 0 Å². The first-order valence-corrected chi connectivity index (χ1v) is 5.44. The highest BCUT2D eigenvalue weighted by Crippen LogP contribution is 2.28. The molecule has 1 fully saturated rings. The van der Waals surface area contributed by atoms with Crippen LogP contribution in [0.2, 0.25) is 0 Å². The average Bonchev–Trinajstić information content (AvgIpc) is 2.02. The predicted molar refractivity (Wildman–Crippen MR) is 55.8 cm³/mol. The van der Waals surface area contributed by atoms with Gasteiger partial charge in [0, 0.05) is 13.1 Å². The zero-order chi connectivity index (χ0) is 9.90. The van der Waals surface area contributed by atoms with Crippen LogP contribution in [-0.2, 0) is 0 Å². The quantitative estimate of drug-likeness (QED) is 0.725. The van der Waals surface area contributed by atoms with E-state index in [0.717, 1.165) is 19.5 Å². The fourth-order valence-electron chi connectivity index (χ4n) is 2.13. The van der Waals surface area contributed by atoms with Crippen molar-refractivity contribution in [2.45, 2.75) is 46.1 Å². The smallest absolute Gasteiger partial charge is 0.0664 e. The highest BCUT2D eigenvalue weighted by molar-refractivity contribution is 4.80. The van der Waals surface area contributed by atoms with Crippen LogP contribution in [0.4, 0.5) is 0 Å². The first kappa shape index (κ1) is 11.0. The molecule has 2 nitrogen and oxygen atoms in total. The lowest BCUT2D eigenvalue weighted by Crippen LogP contribution is -2.43. The van der Waals surface area contributed by atoms with Crippen LogP contribution >= 0.6 is 0 Å². The predicted octanol–water partition coefficient (Wildman–Crippen LogP) is 1.88. The topological polar surface area (TPSA) is 23.5 Å². The molecular weight excluding hydrogens is 162 g/mol. The fourth-order valence-corrected chi connectivity index (χ4v) is 2.13. The summed E-state index contributed by atoms with van der Waals surface area (Å²) in [5.74, 6) is 0. The van der Waals surface area contributed by atoms with Crippen LogP contribution in [0.1, 0.15) is 40.0 Å². The van der Waals surface area contributed by atoms with Gasteiger partial charge in [-0.15, -0.1) is 0 Å². The largest absolute Gasteiger partial charge is 0.392 e. The summed E-state index contributed by atoms with van der Waals surface area (Å²) in [6, 6.07) is 0. The third kappa shape index (κ3) is 3.65. The van der Waals surface area contributed by atoms with Gasteiger partial charge in [-0.05, 0) is 31.2 Å². The SMILES string of the molecule is CC[C@@H](O)CN1CCCC(C)(C)C1. The number of β-amino-alcohol motifs (C(OH)–C–C–N with tert-alkyl or cyclic N) is 1. The van der Waals surface area contributed by atoms with Crippen LogP contribution in [0.3, 0.4) is 0 Å². The van der Waals surface area contributed by atoms with E-state index in [0.29, 0.717) is 5.41 Å². The molecule has 1 aliphatic heterocycles. The molecule has 78 valence electrons. The van der Waals surface area contributed by atoms with Gasteiger partial charge >= 0.3 is 0 Å². The van der Waals surface area contributed by atoms with Crippen LogP contribution in [0.25, 0.3) is 0 Å². The molecule has 0 aromatic carbocycles. The molecule has 0 aliphatic carbocycles. The van der Waals surface area contributed by atoms with Gasteiger partial charge in [0.25, 0.3) is 0 Å². The standard InChI is InChI=1S/C11H23NO/c1-4-10(13)8-12-7-5-6-11(2,3)9-12/h10,13H,4-9H2,1-3H3/t10-/m1/s1. The summed E-state index contributed by atoms with van der Waals surface area (Å²) < 4.78 is 0. The van der Waals surface area contributed by atoms with Crippen molar-refractivity contribution in [1.82, 2.24) is 4.90 Å². The van der Waals surface area contributed by atoms with E-state index in [2.05, 4.69) is 18.7 Å². The first-order valence-electron chi connectivity index (χ1n) is 5.44. The minimum atomic E-state index is -0.131. The summed E-state index contributed by atoms with van der Waals surface area (Å²) in [5, 5.41) is 9.54. The Morgan fingerprint density at radius 2 is 2.15 bits per heavy atom. The molecular formula is C11H23NO. The number of piperidine rings is 1. The monoisotopic (exact) mass is 185 g/mol. The second-order valence-corrected chi connectivity index (χ2v) is 5.06. The highest BCUT2D eigenvalue weighted by atomic mass is 16.3. The number of hydrogen-bond acceptors (Lipinski definition) is 2. The summed E-state index contributed by atoms with van der Waals surface area (Å²) >= 11 is 0. The molecule has 1 heterocycles. The summed E-state index contributed by atoms with van der Waals surface area (Å²) in [5.41, 5.74) is 0.450. The second kappa shape index (κ2) is 4.43. The number of likely N-dealkylation sites (tertiary alicyclic amines) is 1. The summed E-state index contributed by atoms with van der Waals surface area (Å²) in [4.78, 5) is 2.40. The molecule has 2 heteroatoms. The minimum absolute atomic E-state index is 0.131. The normalized spacial score (nSPS) is 25.8. The van der Waals surface area contributed by atoms with Gasteiger partial charge in [0.15, 0.2) is 0 Å². The molecule has 0 spiro atoms. The Balaban J connectivity index is 2.34. The Morgan fingerprint density at radius 3 is 2.69 bits per heavy atom. The van der Waals surface area contributed by atoms with Gasteiger partial charge in [-0.3, -0.25) is 0 Å². The molecule has 0 unspecified atom stereocenters. The Labute approximate surface area is 81.9 Å². The van der Waals surface area contributed by atoms with Crippen molar-refractivity contribution in [1.29, 1.82) is 0 Å². The van der Waals surface area contributed by atoms with E-state index < -0.39 is 0 Å². The molecule has 0 aromatic rings. The van der Waals surface area contributed by atoms with Gasteiger partial charge < -0.3 is 10.0 Å². The molecule has 1 atom stereocenters. The zero-order valence-electron chi connectivity index (χ0n) is 9.21. The van der Waals surface area contributed by atoms with Gasteiger partial charge in [0.1, 0.15) is 0 Å². The zero-order valence-corrected chi connectivity index (χ0v) is 9.21. The highest BCUT2D eigenvalue weighted by Gasteiger charge is 2.26. The van der Waals surface area contributed by atoms with Crippen molar-refractivity contribution in [2.75, 3.05) is 19.6 Å². The molecule has 1 rings (SSSR count). The average molecular weight is 185 g/mol. The van der Waals surface area contributed by atoms with Gasteiger partial charge in [-0.25, -0.2) is 0 Å². The van der Waals surface area contributed by atoms with Gasteiger partial charge in [-0.1, -0.05) is 20.8 Å². The number of nitrogens with zero attached hydrogens (tertiary/aromatic N) is 1. The maximum atomic E-state index is 9.54. The molecule has 13 heavy (non-hydrogen) atoms. The van der Waals surface area contributed by atoms with Gasteiger partial charge in [0.05, 0.1) is 6.10 Å². The summed E-state index contributed by atoms with van der Waals surface area (Å²) in [7, 11) is 0. The van der Waals surface area contributed by atoms with E-state index >= 15 is 0 Å². The number of hydrogen-bond donors (Lipinski definition) is 1. The first-order chi connectivity index (χ1) is 6.03. The van der Waals surface area contributed by atoms with Gasteiger partial charge in [-0.2, -0.15) is 0 Å².